The quantitative estimate of drug-likeness (QED) is 0.676. The Labute approximate surface area is 195 Å². The molecule has 176 valence electrons. The van der Waals surface area contributed by atoms with Crippen molar-refractivity contribution < 1.29 is 18.0 Å². The average Bonchev–Trinajstić information content (AvgIpc) is 3.23. The van der Waals surface area contributed by atoms with Crippen molar-refractivity contribution in [2.75, 3.05) is 26.2 Å². The zero-order chi connectivity index (χ0) is 23.4. The normalized spacial score (nSPS) is 18.9. The molecule has 2 aromatic rings. The predicted molar refractivity (Wildman–Crippen MR) is 126 cm³/mol. The van der Waals surface area contributed by atoms with Gasteiger partial charge in [0.05, 0.1) is 10.9 Å². The smallest absolute Gasteiger partial charge is 0.243 e. The summed E-state index contributed by atoms with van der Waals surface area (Å²) in [5, 5.41) is 3.14. The van der Waals surface area contributed by atoms with Gasteiger partial charge in [-0.25, -0.2) is 8.42 Å². The maximum atomic E-state index is 13.1. The number of likely N-dealkylation sites (tertiary alicyclic amines) is 1. The second-order valence-electron chi connectivity index (χ2n) is 8.91. The van der Waals surface area contributed by atoms with Crippen molar-refractivity contribution >= 4 is 21.8 Å². The van der Waals surface area contributed by atoms with Gasteiger partial charge in [-0.15, -0.1) is 0 Å². The number of amides is 2. The Bertz CT molecular complexity index is 1080. The third-order valence-electron chi connectivity index (χ3n) is 6.58. The number of nitrogens with zero attached hydrogens (tertiary/aromatic N) is 2. The molecule has 2 aliphatic heterocycles. The maximum absolute atomic E-state index is 13.1. The summed E-state index contributed by atoms with van der Waals surface area (Å²) in [6.45, 7) is 3.72. The first-order chi connectivity index (χ1) is 15.8. The van der Waals surface area contributed by atoms with Crippen molar-refractivity contribution in [1.82, 2.24) is 14.5 Å². The first kappa shape index (κ1) is 23.4. The number of piperidine rings is 1. The van der Waals surface area contributed by atoms with E-state index in [4.69, 9.17) is 0 Å². The van der Waals surface area contributed by atoms with Gasteiger partial charge < -0.3 is 10.2 Å². The molecule has 7 nitrogen and oxygen atoms in total. The summed E-state index contributed by atoms with van der Waals surface area (Å²) in [6.07, 6.45) is 2.35. The number of carbonyl (C=O) groups excluding carboxylic acids is 2. The lowest BCUT2D eigenvalue weighted by Gasteiger charge is -2.32. The van der Waals surface area contributed by atoms with Crippen molar-refractivity contribution in [3.63, 3.8) is 0 Å². The Morgan fingerprint density at radius 3 is 2.30 bits per heavy atom. The zero-order valence-electron chi connectivity index (χ0n) is 18.9. The van der Waals surface area contributed by atoms with Gasteiger partial charge in [0.2, 0.25) is 21.8 Å². The van der Waals surface area contributed by atoms with Crippen LogP contribution in [0.5, 0.6) is 0 Å². The highest BCUT2D eigenvalue weighted by atomic mass is 32.2. The average molecular weight is 470 g/mol. The Hall–Kier alpha value is -2.71. The number of sulfonamides is 1. The number of rotatable bonds is 7. The van der Waals surface area contributed by atoms with Crippen molar-refractivity contribution in [3.05, 3.63) is 65.7 Å². The van der Waals surface area contributed by atoms with Crippen molar-refractivity contribution in [1.29, 1.82) is 0 Å². The van der Waals surface area contributed by atoms with Gasteiger partial charge in [-0.05, 0) is 43.9 Å². The maximum Gasteiger partial charge on any atom is 0.243 e. The van der Waals surface area contributed by atoms with E-state index in [2.05, 4.69) is 5.32 Å². The minimum atomic E-state index is -3.56. The highest BCUT2D eigenvalue weighted by Gasteiger charge is 2.33. The summed E-state index contributed by atoms with van der Waals surface area (Å²) < 4.78 is 27.4. The molecule has 4 rings (SSSR count). The Balaban J connectivity index is 1.39. The summed E-state index contributed by atoms with van der Waals surface area (Å²) >= 11 is 0. The molecule has 2 saturated heterocycles. The molecule has 2 aromatic carbocycles. The lowest BCUT2D eigenvalue weighted by atomic mass is 9.96. The van der Waals surface area contributed by atoms with E-state index in [-0.39, 0.29) is 28.7 Å². The topological polar surface area (TPSA) is 86.8 Å². The minimum absolute atomic E-state index is 0.0807. The van der Waals surface area contributed by atoms with E-state index in [9.17, 15) is 18.0 Å². The SMILES string of the molecule is Cc1ccc(S(=O)(=O)N2CCC(C(=O)NC(CN3CCCC3=O)c3ccccc3)CC2)cc1. The number of carbonyl (C=O) groups is 2. The molecule has 1 unspecified atom stereocenters. The molecule has 8 heteroatoms. The molecule has 2 amide bonds. The molecule has 0 saturated carbocycles. The second kappa shape index (κ2) is 10.1. The van der Waals surface area contributed by atoms with Gasteiger partial charge in [-0.1, -0.05) is 48.0 Å². The van der Waals surface area contributed by atoms with E-state index in [1.807, 2.05) is 42.2 Å². The van der Waals surface area contributed by atoms with Crippen molar-refractivity contribution in [2.24, 2.45) is 5.92 Å². The van der Waals surface area contributed by atoms with Crippen LogP contribution in [0, 0.1) is 12.8 Å². The monoisotopic (exact) mass is 469 g/mol. The number of nitrogens with one attached hydrogen (secondary N) is 1. The van der Waals surface area contributed by atoms with Gasteiger partial charge >= 0.3 is 0 Å². The molecule has 0 spiro atoms. The largest absolute Gasteiger partial charge is 0.347 e. The van der Waals surface area contributed by atoms with Crippen LogP contribution in [-0.4, -0.2) is 55.6 Å². The van der Waals surface area contributed by atoms with E-state index < -0.39 is 10.0 Å². The van der Waals surface area contributed by atoms with Crippen LogP contribution in [0.4, 0.5) is 0 Å². The lowest BCUT2D eigenvalue weighted by molar-refractivity contribution is -0.130. The summed E-state index contributed by atoms with van der Waals surface area (Å²) in [4.78, 5) is 27.4. The standard InChI is InChI=1S/C25H31N3O4S/c1-19-9-11-22(12-10-19)33(31,32)28-16-13-21(14-17-28)25(30)26-23(20-6-3-2-4-7-20)18-27-15-5-8-24(27)29/h2-4,6-7,9-12,21,23H,5,8,13-18H2,1H3,(H,26,30). The number of hydrogen-bond donors (Lipinski definition) is 1. The van der Waals surface area contributed by atoms with Crippen LogP contribution in [0.3, 0.4) is 0 Å². The number of benzene rings is 2. The van der Waals surface area contributed by atoms with Crippen LogP contribution in [0.1, 0.15) is 42.9 Å². The molecule has 2 aliphatic rings. The highest BCUT2D eigenvalue weighted by Crippen LogP contribution is 2.26. The first-order valence-corrected chi connectivity index (χ1v) is 13.0. The molecule has 0 aromatic heterocycles. The van der Waals surface area contributed by atoms with E-state index >= 15 is 0 Å². The predicted octanol–water partition coefficient (Wildman–Crippen LogP) is 2.88. The van der Waals surface area contributed by atoms with Gasteiger partial charge in [0, 0.05) is 38.5 Å². The van der Waals surface area contributed by atoms with Gasteiger partial charge in [0.25, 0.3) is 0 Å². The Morgan fingerprint density at radius 2 is 1.70 bits per heavy atom. The van der Waals surface area contributed by atoms with Crippen LogP contribution in [0.2, 0.25) is 0 Å². The van der Waals surface area contributed by atoms with Crippen LogP contribution < -0.4 is 5.32 Å². The molecular weight excluding hydrogens is 438 g/mol. The first-order valence-electron chi connectivity index (χ1n) is 11.5. The van der Waals surface area contributed by atoms with Gasteiger partial charge in [0.15, 0.2) is 0 Å². The van der Waals surface area contributed by atoms with Gasteiger partial charge in [-0.3, -0.25) is 9.59 Å². The third kappa shape index (κ3) is 5.45. The Kier molecular flexibility index (Phi) is 7.14. The van der Waals surface area contributed by atoms with Crippen molar-refractivity contribution in [2.45, 2.75) is 43.5 Å². The molecule has 1 atom stereocenters. The van der Waals surface area contributed by atoms with E-state index in [0.29, 0.717) is 45.4 Å². The lowest BCUT2D eigenvalue weighted by Crippen LogP contribution is -2.45. The minimum Gasteiger partial charge on any atom is -0.347 e. The van der Waals surface area contributed by atoms with E-state index in [1.165, 1.54) is 4.31 Å². The molecule has 1 N–H and O–H groups in total. The molecular formula is C25H31N3O4S. The third-order valence-corrected chi connectivity index (χ3v) is 8.49. The van der Waals surface area contributed by atoms with E-state index in [0.717, 1.165) is 17.5 Å². The molecule has 33 heavy (non-hydrogen) atoms. The summed E-state index contributed by atoms with van der Waals surface area (Å²) in [5.41, 5.74) is 1.97. The van der Waals surface area contributed by atoms with E-state index in [1.54, 1.807) is 24.3 Å². The molecule has 2 heterocycles. The fourth-order valence-corrected chi connectivity index (χ4v) is 6.01. The fraction of sp³-hybridized carbons (Fsp3) is 0.440. The van der Waals surface area contributed by atoms with Crippen LogP contribution in [0.15, 0.2) is 59.5 Å². The fourth-order valence-electron chi connectivity index (χ4n) is 4.54. The van der Waals surface area contributed by atoms with Crippen LogP contribution in [0.25, 0.3) is 0 Å². The summed E-state index contributed by atoms with van der Waals surface area (Å²) in [7, 11) is -3.56. The molecule has 2 fully saturated rings. The number of aryl methyl sites for hydroxylation is 1. The highest BCUT2D eigenvalue weighted by molar-refractivity contribution is 7.89. The van der Waals surface area contributed by atoms with Crippen LogP contribution >= 0.6 is 0 Å². The van der Waals surface area contributed by atoms with Crippen LogP contribution in [-0.2, 0) is 19.6 Å². The Morgan fingerprint density at radius 1 is 1.03 bits per heavy atom. The zero-order valence-corrected chi connectivity index (χ0v) is 19.8. The van der Waals surface area contributed by atoms with Crippen molar-refractivity contribution in [3.8, 4) is 0 Å². The molecule has 0 aliphatic carbocycles. The molecule has 0 radical (unpaired) electrons. The summed E-state index contributed by atoms with van der Waals surface area (Å²) in [5.74, 6) is -0.211. The van der Waals surface area contributed by atoms with Gasteiger partial charge in [-0.2, -0.15) is 4.31 Å². The number of hydrogen-bond acceptors (Lipinski definition) is 4. The molecule has 0 bridgehead atoms. The van der Waals surface area contributed by atoms with Gasteiger partial charge in [0.1, 0.15) is 0 Å². The summed E-state index contributed by atoms with van der Waals surface area (Å²) in [6, 6.07) is 16.3. The second-order valence-corrected chi connectivity index (χ2v) is 10.8.